The predicted molar refractivity (Wildman–Crippen MR) is 85.6 cm³/mol. The molecule has 0 bridgehead atoms. The van der Waals surface area contributed by atoms with Crippen LogP contribution in [0.1, 0.15) is 15.9 Å². The van der Waals surface area contributed by atoms with Gasteiger partial charge < -0.3 is 10.1 Å². The average Bonchev–Trinajstić information content (AvgIpc) is 2.90. The van der Waals surface area contributed by atoms with E-state index in [1.54, 1.807) is 18.2 Å². The molecular weight excluding hydrogens is 306 g/mol. The van der Waals surface area contributed by atoms with Gasteiger partial charge >= 0.3 is 0 Å². The predicted octanol–water partition coefficient (Wildman–Crippen LogP) is 3.36. The minimum atomic E-state index is -0.213. The molecule has 0 saturated carbocycles. The lowest BCUT2D eigenvalue weighted by Crippen LogP contribution is -2.34. The number of halogens is 1. The number of amides is 1. The lowest BCUT2D eigenvalue weighted by Gasteiger charge is -2.12. The maximum Gasteiger partial charge on any atom is 0.252 e. The van der Waals surface area contributed by atoms with Gasteiger partial charge in [0.15, 0.2) is 0 Å². The molecule has 0 aromatic heterocycles. The van der Waals surface area contributed by atoms with Gasteiger partial charge in [-0.3, -0.25) is 4.79 Å². The third-order valence-corrected chi connectivity index (χ3v) is 4.01. The molecule has 0 aliphatic carbocycles. The normalized spacial score (nSPS) is 16.2. The summed E-state index contributed by atoms with van der Waals surface area (Å²) in [4.78, 5) is 12.9. The number of carbonyl (C=O) groups excluding carboxylic acids is 1. The number of carbonyl (C=O) groups is 1. The Morgan fingerprint density at radius 2 is 2.14 bits per heavy atom. The van der Waals surface area contributed by atoms with Gasteiger partial charge in [0, 0.05) is 11.3 Å². The van der Waals surface area contributed by atoms with Crippen molar-refractivity contribution in [2.75, 3.05) is 6.54 Å². The van der Waals surface area contributed by atoms with Crippen LogP contribution in [0.5, 0.6) is 5.75 Å². The van der Waals surface area contributed by atoms with E-state index in [9.17, 15) is 4.79 Å². The molecule has 3 nitrogen and oxygen atoms in total. The number of nitrogens with one attached hydrogen (secondary N) is 1. The number of ether oxygens (including phenoxy) is 1. The van der Waals surface area contributed by atoms with Crippen LogP contribution in [0.25, 0.3) is 0 Å². The quantitative estimate of drug-likeness (QED) is 0.851. The van der Waals surface area contributed by atoms with E-state index in [0.29, 0.717) is 22.0 Å². The number of hydrogen-bond acceptors (Lipinski definition) is 3. The first-order valence-corrected chi connectivity index (χ1v) is 7.47. The molecule has 1 atom stereocenters. The molecule has 0 fully saturated rings. The molecule has 21 heavy (non-hydrogen) atoms. The summed E-state index contributed by atoms with van der Waals surface area (Å²) in [6.07, 6.45) is 0.765. The largest absolute Gasteiger partial charge is 0.488 e. The number of thiol groups is 1. The van der Waals surface area contributed by atoms with E-state index in [1.807, 2.05) is 24.3 Å². The van der Waals surface area contributed by atoms with Gasteiger partial charge in [0.1, 0.15) is 11.9 Å². The van der Waals surface area contributed by atoms with Crippen molar-refractivity contribution in [1.29, 1.82) is 0 Å². The fraction of sp³-hybridized carbons (Fsp3) is 0.188. The molecule has 2 aromatic rings. The highest BCUT2D eigenvalue weighted by molar-refractivity contribution is 7.80. The van der Waals surface area contributed by atoms with E-state index in [2.05, 4.69) is 17.9 Å². The average molecular weight is 320 g/mol. The topological polar surface area (TPSA) is 38.3 Å². The highest BCUT2D eigenvalue weighted by Gasteiger charge is 2.23. The third kappa shape index (κ3) is 3.17. The zero-order valence-corrected chi connectivity index (χ0v) is 12.8. The summed E-state index contributed by atoms with van der Waals surface area (Å²) >= 11 is 10.3. The molecule has 5 heteroatoms. The standard InChI is InChI=1S/C16H14ClNO2S/c17-14-6-5-12(21)8-13(14)16(19)18-9-11-7-10-3-1-2-4-15(10)20-11/h1-6,8,11,21H,7,9H2,(H,18,19). The minimum Gasteiger partial charge on any atom is -0.488 e. The van der Waals surface area contributed by atoms with Crippen molar-refractivity contribution in [1.82, 2.24) is 5.32 Å². The monoisotopic (exact) mass is 319 g/mol. The van der Waals surface area contributed by atoms with Crippen LogP contribution in [-0.2, 0) is 6.42 Å². The molecular formula is C16H14ClNO2S. The van der Waals surface area contributed by atoms with Gasteiger partial charge in [-0.05, 0) is 29.8 Å². The lowest BCUT2D eigenvalue weighted by atomic mass is 10.1. The van der Waals surface area contributed by atoms with E-state index >= 15 is 0 Å². The van der Waals surface area contributed by atoms with Crippen LogP contribution in [0.2, 0.25) is 5.02 Å². The van der Waals surface area contributed by atoms with E-state index in [1.165, 1.54) is 5.56 Å². The Bertz CT molecular complexity index is 665. The first-order valence-electron chi connectivity index (χ1n) is 6.65. The summed E-state index contributed by atoms with van der Waals surface area (Å²) in [5, 5.41) is 3.28. The summed E-state index contributed by atoms with van der Waals surface area (Å²) in [5.41, 5.74) is 1.60. The molecule has 1 unspecified atom stereocenters. The van der Waals surface area contributed by atoms with Gasteiger partial charge in [0.05, 0.1) is 17.1 Å². The summed E-state index contributed by atoms with van der Waals surface area (Å²) < 4.78 is 5.78. The van der Waals surface area contributed by atoms with E-state index in [-0.39, 0.29) is 12.0 Å². The van der Waals surface area contributed by atoms with Gasteiger partial charge in [0.25, 0.3) is 5.91 Å². The number of hydrogen-bond donors (Lipinski definition) is 2. The van der Waals surface area contributed by atoms with Crippen molar-refractivity contribution in [2.45, 2.75) is 17.4 Å². The highest BCUT2D eigenvalue weighted by atomic mass is 35.5. The SMILES string of the molecule is O=C(NCC1Cc2ccccc2O1)c1cc(S)ccc1Cl. The fourth-order valence-corrected chi connectivity index (χ4v) is 2.76. The van der Waals surface area contributed by atoms with Gasteiger partial charge in [-0.25, -0.2) is 0 Å². The van der Waals surface area contributed by atoms with Crippen molar-refractivity contribution in [3.8, 4) is 5.75 Å². The highest BCUT2D eigenvalue weighted by Crippen LogP contribution is 2.27. The van der Waals surface area contributed by atoms with Crippen LogP contribution < -0.4 is 10.1 Å². The van der Waals surface area contributed by atoms with Crippen LogP contribution in [0.3, 0.4) is 0 Å². The number of para-hydroxylation sites is 1. The Kier molecular flexibility index (Phi) is 4.08. The van der Waals surface area contributed by atoms with Crippen molar-refractivity contribution >= 4 is 30.1 Å². The minimum absolute atomic E-state index is 0.0377. The molecule has 1 N–H and O–H groups in total. The van der Waals surface area contributed by atoms with Crippen LogP contribution in [0.4, 0.5) is 0 Å². The summed E-state index contributed by atoms with van der Waals surface area (Å²) in [6, 6.07) is 13.0. The molecule has 2 aromatic carbocycles. The Balaban J connectivity index is 1.61. The smallest absolute Gasteiger partial charge is 0.252 e. The van der Waals surface area contributed by atoms with Crippen LogP contribution >= 0.6 is 24.2 Å². The second kappa shape index (κ2) is 6.00. The molecule has 1 amide bonds. The van der Waals surface area contributed by atoms with Crippen molar-refractivity contribution in [3.63, 3.8) is 0 Å². The fourth-order valence-electron chi connectivity index (χ4n) is 2.36. The molecule has 108 valence electrons. The number of fused-ring (bicyclic) bond motifs is 1. The number of benzene rings is 2. The van der Waals surface area contributed by atoms with Gasteiger partial charge in [-0.15, -0.1) is 12.6 Å². The van der Waals surface area contributed by atoms with E-state index < -0.39 is 0 Å². The molecule has 1 aliphatic rings. The third-order valence-electron chi connectivity index (χ3n) is 3.40. The van der Waals surface area contributed by atoms with Crippen molar-refractivity contribution < 1.29 is 9.53 Å². The zero-order chi connectivity index (χ0) is 14.8. The van der Waals surface area contributed by atoms with Crippen LogP contribution in [0.15, 0.2) is 47.4 Å². The molecule has 1 aliphatic heterocycles. The second-order valence-electron chi connectivity index (χ2n) is 4.93. The first-order chi connectivity index (χ1) is 10.1. The Hall–Kier alpha value is -1.65. The van der Waals surface area contributed by atoms with Gasteiger partial charge in [0.2, 0.25) is 0 Å². The number of rotatable bonds is 3. The Morgan fingerprint density at radius 1 is 1.33 bits per heavy atom. The Labute approximate surface area is 133 Å². The summed E-state index contributed by atoms with van der Waals surface area (Å²) in [6.45, 7) is 0.445. The lowest BCUT2D eigenvalue weighted by molar-refractivity contribution is 0.0933. The van der Waals surface area contributed by atoms with Gasteiger partial charge in [-0.2, -0.15) is 0 Å². The second-order valence-corrected chi connectivity index (χ2v) is 5.85. The first kappa shape index (κ1) is 14.3. The maximum atomic E-state index is 12.2. The van der Waals surface area contributed by atoms with E-state index in [4.69, 9.17) is 16.3 Å². The molecule has 0 saturated heterocycles. The van der Waals surface area contributed by atoms with Crippen LogP contribution in [0, 0.1) is 0 Å². The molecule has 0 radical (unpaired) electrons. The Morgan fingerprint density at radius 3 is 2.95 bits per heavy atom. The van der Waals surface area contributed by atoms with Crippen molar-refractivity contribution in [3.05, 3.63) is 58.6 Å². The zero-order valence-electron chi connectivity index (χ0n) is 11.2. The molecule has 1 heterocycles. The molecule has 3 rings (SSSR count). The van der Waals surface area contributed by atoms with Crippen molar-refractivity contribution in [2.24, 2.45) is 0 Å². The summed E-state index contributed by atoms with van der Waals surface area (Å²) in [5.74, 6) is 0.683. The van der Waals surface area contributed by atoms with Gasteiger partial charge in [-0.1, -0.05) is 29.8 Å². The van der Waals surface area contributed by atoms with E-state index in [0.717, 1.165) is 12.2 Å². The molecule has 0 spiro atoms. The summed E-state index contributed by atoms with van der Waals surface area (Å²) in [7, 11) is 0. The maximum absolute atomic E-state index is 12.2. The van der Waals surface area contributed by atoms with Crippen LogP contribution in [-0.4, -0.2) is 18.6 Å².